The maximum Gasteiger partial charge on any atom is 0.294 e. The molecule has 10 heteroatoms. The molecule has 2 N–H and O–H groups in total. The smallest absolute Gasteiger partial charge is 0.294 e. The lowest BCUT2D eigenvalue weighted by atomic mass is 10.2. The number of hydrogen-bond donors (Lipinski definition) is 2. The highest BCUT2D eigenvalue weighted by atomic mass is 79.9. The minimum atomic E-state index is -4.30. The summed E-state index contributed by atoms with van der Waals surface area (Å²) >= 11 is 4.89. The fourth-order valence-corrected chi connectivity index (χ4v) is 4.65. The number of carbonyl (C=O) groups excluding carboxylic acids is 1. The number of thiophene rings is 1. The first-order valence-electron chi connectivity index (χ1n) is 8.61. The summed E-state index contributed by atoms with van der Waals surface area (Å²) in [6.07, 6.45) is 1.65. The van der Waals surface area contributed by atoms with Crippen molar-refractivity contribution >= 4 is 49.0 Å². The zero-order valence-corrected chi connectivity index (χ0v) is 18.4. The summed E-state index contributed by atoms with van der Waals surface area (Å²) in [4.78, 5) is 13.6. The third-order valence-electron chi connectivity index (χ3n) is 4.20. The number of benzene rings is 2. The lowest BCUT2D eigenvalue weighted by Gasteiger charge is -2.05. The molecule has 2 heterocycles. The average molecular weight is 504 g/mol. The van der Waals surface area contributed by atoms with Gasteiger partial charge in [-0.15, -0.1) is 11.3 Å². The topological polar surface area (TPSA) is 101 Å². The first kappa shape index (κ1) is 20.5. The summed E-state index contributed by atoms with van der Waals surface area (Å²) in [5.74, 6) is -0.392. The van der Waals surface area contributed by atoms with E-state index in [-0.39, 0.29) is 4.90 Å². The number of nitrogens with zero attached hydrogens (tertiary/aromatic N) is 2. The minimum Gasteiger partial charge on any atom is -0.322 e. The number of amides is 1. The van der Waals surface area contributed by atoms with E-state index >= 15 is 0 Å². The van der Waals surface area contributed by atoms with Gasteiger partial charge in [0.25, 0.3) is 16.0 Å². The van der Waals surface area contributed by atoms with Crippen LogP contribution in [0, 0.1) is 0 Å². The van der Waals surface area contributed by atoms with Crippen molar-refractivity contribution in [3.05, 3.63) is 82.3 Å². The maximum absolute atomic E-state index is 13.0. The standard InChI is InChI=1S/C20H14BrN3O4S2/c21-18-11-10-17(29-18)19-16(12-24(23-19)14-4-2-1-3-5-14)20(25)22-13-6-8-15(9-7-13)30(26,27)28/h1-12H,(H,22,25)(H,26,27,28). The molecule has 2 aromatic carbocycles. The van der Waals surface area contributed by atoms with Crippen LogP contribution in [-0.4, -0.2) is 28.7 Å². The molecule has 0 atom stereocenters. The van der Waals surface area contributed by atoms with Gasteiger partial charge in [-0.25, -0.2) is 4.68 Å². The molecule has 0 aliphatic heterocycles. The first-order valence-corrected chi connectivity index (χ1v) is 11.7. The van der Waals surface area contributed by atoms with Crippen molar-refractivity contribution in [2.24, 2.45) is 0 Å². The molecule has 0 radical (unpaired) electrons. The lowest BCUT2D eigenvalue weighted by Crippen LogP contribution is -2.12. The Labute approximate surface area is 184 Å². The van der Waals surface area contributed by atoms with E-state index in [2.05, 4.69) is 26.3 Å². The van der Waals surface area contributed by atoms with E-state index in [1.54, 1.807) is 10.9 Å². The van der Waals surface area contributed by atoms with Gasteiger partial charge in [0.2, 0.25) is 0 Å². The van der Waals surface area contributed by atoms with Gasteiger partial charge in [-0.05, 0) is 64.5 Å². The number of carbonyl (C=O) groups is 1. The number of para-hydroxylation sites is 1. The molecule has 4 rings (SSSR count). The van der Waals surface area contributed by atoms with E-state index < -0.39 is 16.0 Å². The summed E-state index contributed by atoms with van der Waals surface area (Å²) in [5.41, 5.74) is 2.10. The minimum absolute atomic E-state index is 0.249. The van der Waals surface area contributed by atoms with Crippen molar-refractivity contribution in [1.82, 2.24) is 9.78 Å². The molecule has 2 aromatic heterocycles. The molecule has 0 saturated heterocycles. The second kappa shape index (κ2) is 8.15. The van der Waals surface area contributed by atoms with Gasteiger partial charge in [0, 0.05) is 11.9 Å². The van der Waals surface area contributed by atoms with Gasteiger partial charge in [0.15, 0.2) is 0 Å². The van der Waals surface area contributed by atoms with Crippen molar-refractivity contribution < 1.29 is 17.8 Å². The molecule has 0 unspecified atom stereocenters. The van der Waals surface area contributed by atoms with E-state index in [9.17, 15) is 13.2 Å². The van der Waals surface area contributed by atoms with Crippen molar-refractivity contribution in [3.63, 3.8) is 0 Å². The monoisotopic (exact) mass is 503 g/mol. The van der Waals surface area contributed by atoms with Gasteiger partial charge >= 0.3 is 0 Å². The zero-order valence-electron chi connectivity index (χ0n) is 15.2. The molecule has 0 aliphatic rings. The Hall–Kier alpha value is -2.79. The molecule has 30 heavy (non-hydrogen) atoms. The van der Waals surface area contributed by atoms with Crippen molar-refractivity contribution in [2.45, 2.75) is 4.90 Å². The summed E-state index contributed by atoms with van der Waals surface area (Å²) in [7, 11) is -4.30. The molecular weight excluding hydrogens is 490 g/mol. The van der Waals surface area contributed by atoms with Crippen molar-refractivity contribution in [2.75, 3.05) is 5.32 Å². The van der Waals surface area contributed by atoms with Crippen LogP contribution < -0.4 is 5.32 Å². The van der Waals surface area contributed by atoms with Crippen LogP contribution in [0.3, 0.4) is 0 Å². The second-order valence-electron chi connectivity index (χ2n) is 6.23. The highest BCUT2D eigenvalue weighted by molar-refractivity contribution is 9.11. The van der Waals surface area contributed by atoms with Crippen molar-refractivity contribution in [3.8, 4) is 16.3 Å². The van der Waals surface area contributed by atoms with Gasteiger partial charge in [-0.3, -0.25) is 9.35 Å². The van der Waals surface area contributed by atoms with Gasteiger partial charge in [0.1, 0.15) is 5.69 Å². The van der Waals surface area contributed by atoms with Crippen LogP contribution in [-0.2, 0) is 10.1 Å². The number of nitrogens with one attached hydrogen (secondary N) is 1. The van der Waals surface area contributed by atoms with Crippen LogP contribution in [0.1, 0.15) is 10.4 Å². The van der Waals surface area contributed by atoms with Crippen LogP contribution in [0.15, 0.2) is 81.6 Å². The molecular formula is C20H14BrN3O4S2. The highest BCUT2D eigenvalue weighted by Gasteiger charge is 2.20. The van der Waals surface area contributed by atoms with Gasteiger partial charge in [-0.1, -0.05) is 18.2 Å². The molecule has 152 valence electrons. The Morgan fingerprint density at radius 1 is 1.03 bits per heavy atom. The quantitative estimate of drug-likeness (QED) is 0.378. The van der Waals surface area contributed by atoms with Crippen LogP contribution in [0.2, 0.25) is 0 Å². The van der Waals surface area contributed by atoms with Crippen molar-refractivity contribution in [1.29, 1.82) is 0 Å². The molecule has 0 aliphatic carbocycles. The predicted molar refractivity (Wildman–Crippen MR) is 119 cm³/mol. The first-order chi connectivity index (χ1) is 14.3. The highest BCUT2D eigenvalue weighted by Crippen LogP contribution is 2.33. The van der Waals surface area contributed by atoms with E-state index in [4.69, 9.17) is 4.55 Å². The SMILES string of the molecule is O=C(Nc1ccc(S(=O)(=O)O)cc1)c1cn(-c2ccccc2)nc1-c1ccc(Br)s1. The average Bonchev–Trinajstić information content (AvgIpc) is 3.35. The van der Waals surface area contributed by atoms with E-state index in [1.807, 2.05) is 42.5 Å². The number of rotatable bonds is 5. The second-order valence-corrected chi connectivity index (χ2v) is 10.1. The zero-order chi connectivity index (χ0) is 21.3. The largest absolute Gasteiger partial charge is 0.322 e. The summed E-state index contributed by atoms with van der Waals surface area (Å²) in [6.45, 7) is 0. The Kier molecular flexibility index (Phi) is 5.56. The molecule has 0 fully saturated rings. The number of anilines is 1. The normalized spacial score (nSPS) is 11.4. The Bertz CT molecular complexity index is 1310. The lowest BCUT2D eigenvalue weighted by molar-refractivity contribution is 0.102. The number of hydrogen-bond acceptors (Lipinski definition) is 5. The van der Waals surface area contributed by atoms with Crippen LogP contribution >= 0.6 is 27.3 Å². The Morgan fingerprint density at radius 2 is 1.73 bits per heavy atom. The molecule has 0 saturated carbocycles. The predicted octanol–water partition coefficient (Wildman–Crippen LogP) is 4.86. The van der Waals surface area contributed by atoms with Crippen LogP contribution in [0.4, 0.5) is 5.69 Å². The van der Waals surface area contributed by atoms with Crippen LogP contribution in [0.5, 0.6) is 0 Å². The molecule has 0 spiro atoms. The molecule has 4 aromatic rings. The van der Waals surface area contributed by atoms with E-state index in [0.29, 0.717) is 16.9 Å². The molecule has 0 bridgehead atoms. The molecule has 1 amide bonds. The van der Waals surface area contributed by atoms with Gasteiger partial charge < -0.3 is 5.32 Å². The van der Waals surface area contributed by atoms with Crippen LogP contribution in [0.25, 0.3) is 16.3 Å². The Balaban J connectivity index is 1.70. The third kappa shape index (κ3) is 4.36. The maximum atomic E-state index is 13.0. The summed E-state index contributed by atoms with van der Waals surface area (Å²) in [6, 6.07) is 18.5. The fraction of sp³-hybridized carbons (Fsp3) is 0. The van der Waals surface area contributed by atoms with E-state index in [0.717, 1.165) is 14.4 Å². The number of aromatic nitrogens is 2. The molecule has 7 nitrogen and oxygen atoms in total. The summed E-state index contributed by atoms with van der Waals surface area (Å²) < 4.78 is 34.0. The third-order valence-corrected chi connectivity index (χ3v) is 6.69. The summed E-state index contributed by atoms with van der Waals surface area (Å²) in [5, 5.41) is 7.35. The number of halogens is 1. The van der Waals surface area contributed by atoms with Gasteiger partial charge in [-0.2, -0.15) is 13.5 Å². The van der Waals surface area contributed by atoms with Gasteiger partial charge in [0.05, 0.1) is 24.8 Å². The fourth-order valence-electron chi connectivity index (χ4n) is 2.79. The van der Waals surface area contributed by atoms with E-state index in [1.165, 1.54) is 35.6 Å². The Morgan fingerprint density at radius 3 is 2.33 bits per heavy atom.